The first-order chi connectivity index (χ1) is 16.5. The number of carbonyl (C=O) groups excluding carboxylic acids is 1. The standard InChI is InChI=1S/C29H37NO4/c1-19-8-6-13-28(2)17-24-25(26-29(19,28)34-26)22(27(31)33-24)18-30-14-12-21(23-11-7-15-32-23)16-20-9-4-3-5-10-20/h3-5,7,9-11,15,19,21-22,24-26,30H,6,8,12-14,16-18H2,1-2H3/t19-,21+,22+,24+,25+,26-,28+,29-/m0/s1. The molecule has 1 aromatic heterocycles. The Morgan fingerprint density at radius 1 is 1.18 bits per heavy atom. The lowest BCUT2D eigenvalue weighted by atomic mass is 9.53. The van der Waals surface area contributed by atoms with Crippen LogP contribution in [0.3, 0.4) is 0 Å². The van der Waals surface area contributed by atoms with Gasteiger partial charge in [0.15, 0.2) is 0 Å². The van der Waals surface area contributed by atoms with Crippen molar-refractivity contribution in [2.24, 2.45) is 23.2 Å². The van der Waals surface area contributed by atoms with Crippen LogP contribution in [0.15, 0.2) is 53.1 Å². The molecule has 34 heavy (non-hydrogen) atoms. The summed E-state index contributed by atoms with van der Waals surface area (Å²) in [7, 11) is 0. The fraction of sp³-hybridized carbons (Fsp3) is 0.621. The van der Waals surface area contributed by atoms with E-state index < -0.39 is 0 Å². The van der Waals surface area contributed by atoms with Crippen molar-refractivity contribution >= 4 is 5.97 Å². The van der Waals surface area contributed by atoms with Gasteiger partial charge in [0.2, 0.25) is 0 Å². The van der Waals surface area contributed by atoms with E-state index >= 15 is 0 Å². The van der Waals surface area contributed by atoms with Gasteiger partial charge in [-0.15, -0.1) is 0 Å². The average molecular weight is 464 g/mol. The van der Waals surface area contributed by atoms with E-state index in [1.807, 2.05) is 6.07 Å². The zero-order valence-corrected chi connectivity index (χ0v) is 20.4. The minimum atomic E-state index is -0.107. The Balaban J connectivity index is 1.09. The minimum absolute atomic E-state index is 0.0178. The molecule has 2 saturated carbocycles. The Morgan fingerprint density at radius 3 is 2.82 bits per heavy atom. The molecule has 4 fully saturated rings. The molecule has 2 aliphatic heterocycles. The third kappa shape index (κ3) is 3.54. The molecule has 0 bridgehead atoms. The maximum atomic E-state index is 12.9. The summed E-state index contributed by atoms with van der Waals surface area (Å²) in [6, 6.07) is 14.6. The summed E-state index contributed by atoms with van der Waals surface area (Å²) in [5.74, 6) is 1.95. The molecular weight excluding hydrogens is 426 g/mol. The molecule has 182 valence electrons. The minimum Gasteiger partial charge on any atom is -0.469 e. The van der Waals surface area contributed by atoms with Gasteiger partial charge in [0.1, 0.15) is 17.5 Å². The molecule has 5 nitrogen and oxygen atoms in total. The van der Waals surface area contributed by atoms with Crippen LogP contribution >= 0.6 is 0 Å². The molecule has 0 radical (unpaired) electrons. The zero-order chi connectivity index (χ0) is 23.3. The van der Waals surface area contributed by atoms with Gasteiger partial charge in [0.05, 0.1) is 18.3 Å². The van der Waals surface area contributed by atoms with E-state index in [1.54, 1.807) is 6.26 Å². The van der Waals surface area contributed by atoms with E-state index in [4.69, 9.17) is 13.9 Å². The Kier molecular flexibility index (Phi) is 5.61. The van der Waals surface area contributed by atoms with E-state index in [0.29, 0.717) is 18.4 Å². The number of esters is 1. The number of nitrogens with one attached hydrogen (secondary N) is 1. The van der Waals surface area contributed by atoms with Crippen LogP contribution in [-0.2, 0) is 20.7 Å². The maximum Gasteiger partial charge on any atom is 0.311 e. The van der Waals surface area contributed by atoms with Gasteiger partial charge in [-0.1, -0.05) is 50.6 Å². The third-order valence-electron chi connectivity index (χ3n) is 9.50. The van der Waals surface area contributed by atoms with Gasteiger partial charge in [-0.25, -0.2) is 0 Å². The molecule has 1 spiro atoms. The SMILES string of the molecule is C[C@H]1CCC[C@]2(C)C[C@H]3OC(=O)[C@H](CNCC[C@H](Cc4ccccc4)c4ccco4)[C@H]3[C@@H]3O[C@@]132. The molecule has 4 aliphatic rings. The summed E-state index contributed by atoms with van der Waals surface area (Å²) in [6.45, 7) is 6.23. The molecule has 2 aromatic rings. The highest BCUT2D eigenvalue weighted by molar-refractivity contribution is 5.76. The Bertz CT molecular complexity index is 1010. The van der Waals surface area contributed by atoms with Crippen molar-refractivity contribution in [1.29, 1.82) is 0 Å². The van der Waals surface area contributed by atoms with Crippen LogP contribution in [-0.4, -0.2) is 36.9 Å². The van der Waals surface area contributed by atoms with Gasteiger partial charge in [-0.3, -0.25) is 4.79 Å². The van der Waals surface area contributed by atoms with Gasteiger partial charge in [-0.05, 0) is 62.3 Å². The fourth-order valence-corrected chi connectivity index (χ4v) is 7.77. The molecule has 3 heterocycles. The largest absolute Gasteiger partial charge is 0.469 e. The second kappa shape index (κ2) is 8.53. The number of rotatable bonds is 8. The van der Waals surface area contributed by atoms with Crippen LogP contribution in [0.2, 0.25) is 0 Å². The van der Waals surface area contributed by atoms with Gasteiger partial charge >= 0.3 is 5.97 Å². The second-order valence-electron chi connectivity index (χ2n) is 11.4. The van der Waals surface area contributed by atoms with E-state index in [-0.39, 0.29) is 41.0 Å². The number of fused-ring (bicyclic) bond motifs is 2. The van der Waals surface area contributed by atoms with Crippen molar-refractivity contribution in [2.75, 3.05) is 13.1 Å². The highest BCUT2D eigenvalue weighted by Crippen LogP contribution is 2.70. The summed E-state index contributed by atoms with van der Waals surface area (Å²) in [4.78, 5) is 12.9. The lowest BCUT2D eigenvalue weighted by Gasteiger charge is -2.48. The fourth-order valence-electron chi connectivity index (χ4n) is 7.77. The normalized spacial score (nSPS) is 39.0. The number of carbonyl (C=O) groups is 1. The van der Waals surface area contributed by atoms with Gasteiger partial charge in [0, 0.05) is 23.8 Å². The summed E-state index contributed by atoms with van der Waals surface area (Å²) in [6.07, 6.45) is 8.49. The molecule has 8 atom stereocenters. The van der Waals surface area contributed by atoms with E-state index in [0.717, 1.165) is 31.6 Å². The van der Waals surface area contributed by atoms with Gasteiger partial charge < -0.3 is 19.2 Å². The summed E-state index contributed by atoms with van der Waals surface area (Å²) >= 11 is 0. The van der Waals surface area contributed by atoms with E-state index in [9.17, 15) is 4.79 Å². The topological polar surface area (TPSA) is 64.0 Å². The third-order valence-corrected chi connectivity index (χ3v) is 9.50. The molecule has 5 heteroatoms. The van der Waals surface area contributed by atoms with Crippen molar-refractivity contribution in [1.82, 2.24) is 5.32 Å². The summed E-state index contributed by atoms with van der Waals surface area (Å²) in [5, 5.41) is 3.60. The van der Waals surface area contributed by atoms with Crippen molar-refractivity contribution in [3.8, 4) is 0 Å². The van der Waals surface area contributed by atoms with Crippen LogP contribution in [0, 0.1) is 23.2 Å². The van der Waals surface area contributed by atoms with Crippen LogP contribution < -0.4 is 5.32 Å². The maximum absolute atomic E-state index is 12.9. The molecule has 6 rings (SSSR count). The molecule has 0 amide bonds. The number of furan rings is 1. The first-order valence-electron chi connectivity index (χ1n) is 13.2. The lowest BCUT2D eigenvalue weighted by molar-refractivity contribution is -0.146. The Labute approximate surface area is 202 Å². The predicted molar refractivity (Wildman–Crippen MR) is 129 cm³/mol. The highest BCUT2D eigenvalue weighted by atomic mass is 16.6. The van der Waals surface area contributed by atoms with Crippen LogP contribution in [0.4, 0.5) is 0 Å². The monoisotopic (exact) mass is 463 g/mol. The first-order valence-corrected chi connectivity index (χ1v) is 13.2. The van der Waals surface area contributed by atoms with Crippen molar-refractivity contribution < 1.29 is 18.7 Å². The Hall–Kier alpha value is -2.11. The highest BCUT2D eigenvalue weighted by Gasteiger charge is 2.78. The van der Waals surface area contributed by atoms with Crippen molar-refractivity contribution in [3.05, 3.63) is 60.1 Å². The number of epoxide rings is 1. The molecule has 0 unspecified atom stereocenters. The molecule has 1 aromatic carbocycles. The van der Waals surface area contributed by atoms with Crippen molar-refractivity contribution in [3.63, 3.8) is 0 Å². The van der Waals surface area contributed by atoms with Gasteiger partial charge in [0.25, 0.3) is 0 Å². The average Bonchev–Trinajstić information content (AvgIpc) is 3.20. The van der Waals surface area contributed by atoms with Crippen LogP contribution in [0.25, 0.3) is 0 Å². The quantitative estimate of drug-likeness (QED) is 0.335. The van der Waals surface area contributed by atoms with Crippen LogP contribution in [0.5, 0.6) is 0 Å². The molecule has 2 aliphatic carbocycles. The molecular formula is C29H37NO4. The summed E-state index contributed by atoms with van der Waals surface area (Å²) in [5.41, 5.74) is 1.43. The predicted octanol–water partition coefficient (Wildman–Crippen LogP) is 5.11. The molecule has 2 saturated heterocycles. The summed E-state index contributed by atoms with van der Waals surface area (Å²) < 4.78 is 18.3. The van der Waals surface area contributed by atoms with E-state index in [1.165, 1.54) is 24.8 Å². The van der Waals surface area contributed by atoms with Gasteiger partial charge in [-0.2, -0.15) is 0 Å². The number of benzene rings is 1. The second-order valence-corrected chi connectivity index (χ2v) is 11.4. The lowest BCUT2D eigenvalue weighted by Crippen LogP contribution is -2.54. The van der Waals surface area contributed by atoms with E-state index in [2.05, 4.69) is 55.6 Å². The number of hydrogen-bond acceptors (Lipinski definition) is 5. The number of hydrogen-bond donors (Lipinski definition) is 1. The van der Waals surface area contributed by atoms with Crippen molar-refractivity contribution in [2.45, 2.75) is 76.1 Å². The smallest absolute Gasteiger partial charge is 0.311 e. The molecule has 1 N–H and O–H groups in total. The zero-order valence-electron chi connectivity index (χ0n) is 20.4. The van der Waals surface area contributed by atoms with Crippen LogP contribution in [0.1, 0.15) is 63.2 Å². The Morgan fingerprint density at radius 2 is 2.03 bits per heavy atom. The first kappa shape index (κ1) is 22.4. The number of ether oxygens (including phenoxy) is 2.